The zero-order chi connectivity index (χ0) is 23.1. The minimum Gasteiger partial charge on any atom is -0.381 e. The summed E-state index contributed by atoms with van der Waals surface area (Å²) in [5, 5.41) is 8.16. The molecule has 0 aliphatic carbocycles. The number of pyridine rings is 3. The van der Waals surface area contributed by atoms with Crippen LogP contribution in [0.1, 0.15) is 34.7 Å². The molecule has 0 amide bonds. The van der Waals surface area contributed by atoms with E-state index in [1.165, 1.54) is 16.7 Å². The summed E-state index contributed by atoms with van der Waals surface area (Å²) in [6.45, 7) is 4.00. The van der Waals surface area contributed by atoms with Crippen LogP contribution in [0.25, 0.3) is 22.3 Å². The Hall–Kier alpha value is -3.33. The van der Waals surface area contributed by atoms with Crippen LogP contribution >= 0.6 is 0 Å². The molecule has 4 aromatic heterocycles. The molecule has 1 fully saturated rings. The summed E-state index contributed by atoms with van der Waals surface area (Å²) in [5.74, 6) is 1.27. The van der Waals surface area contributed by atoms with Gasteiger partial charge in [0.15, 0.2) is 0 Å². The quantitative estimate of drug-likeness (QED) is 0.406. The lowest BCUT2D eigenvalue weighted by Crippen LogP contribution is -2.16. The highest BCUT2D eigenvalue weighted by molar-refractivity contribution is 5.93. The van der Waals surface area contributed by atoms with Gasteiger partial charge in [0, 0.05) is 55.5 Å². The lowest BCUT2D eigenvalue weighted by Gasteiger charge is -2.19. The maximum absolute atomic E-state index is 5.64. The molecule has 0 spiro atoms. The minimum absolute atomic E-state index is 0.427. The van der Waals surface area contributed by atoms with Crippen LogP contribution in [-0.4, -0.2) is 52.1 Å². The van der Waals surface area contributed by atoms with Gasteiger partial charge in [-0.05, 0) is 55.4 Å². The van der Waals surface area contributed by atoms with Gasteiger partial charge in [-0.1, -0.05) is 6.07 Å². The molecule has 2 aliphatic heterocycles. The average molecular weight is 456 g/mol. The Bertz CT molecular complexity index is 1340. The predicted molar refractivity (Wildman–Crippen MR) is 133 cm³/mol. The second kappa shape index (κ2) is 8.79. The molecule has 8 heteroatoms. The fourth-order valence-electron chi connectivity index (χ4n) is 5.10. The Morgan fingerprint density at radius 2 is 2.03 bits per heavy atom. The summed E-state index contributed by atoms with van der Waals surface area (Å²) in [7, 11) is 4.16. The Labute approximate surface area is 198 Å². The molecule has 3 N–H and O–H groups in total. The molecule has 0 aromatic carbocycles. The van der Waals surface area contributed by atoms with E-state index >= 15 is 0 Å². The summed E-state index contributed by atoms with van der Waals surface area (Å²) < 4.78 is 5.64. The summed E-state index contributed by atoms with van der Waals surface area (Å²) >= 11 is 0. The molecule has 0 saturated carbocycles. The summed E-state index contributed by atoms with van der Waals surface area (Å²) in [5.41, 5.74) is 8.88. The van der Waals surface area contributed by atoms with Crippen LogP contribution < -0.4 is 10.6 Å². The number of ether oxygens (including phenoxy) is 1. The van der Waals surface area contributed by atoms with E-state index in [9.17, 15) is 0 Å². The number of fused-ring (bicyclic) bond motifs is 2. The van der Waals surface area contributed by atoms with Crippen LogP contribution in [0.2, 0.25) is 0 Å². The fraction of sp³-hybridized carbons (Fsp3) is 0.346. The number of hydrogen-bond donors (Lipinski definition) is 3. The zero-order valence-corrected chi connectivity index (χ0v) is 19.6. The highest BCUT2D eigenvalue weighted by atomic mass is 16.5. The maximum atomic E-state index is 5.64. The third kappa shape index (κ3) is 3.83. The summed E-state index contributed by atoms with van der Waals surface area (Å²) in [6, 6.07) is 8.41. The van der Waals surface area contributed by atoms with Gasteiger partial charge in [-0.2, -0.15) is 0 Å². The first-order chi connectivity index (χ1) is 16.7. The molecule has 8 nitrogen and oxygen atoms in total. The molecular formula is C26H29N7O. The lowest BCUT2D eigenvalue weighted by molar-refractivity contribution is 0.193. The molecule has 34 heavy (non-hydrogen) atoms. The van der Waals surface area contributed by atoms with Crippen LogP contribution in [-0.2, 0) is 24.4 Å². The van der Waals surface area contributed by atoms with E-state index in [-0.39, 0.29) is 0 Å². The van der Waals surface area contributed by atoms with E-state index in [1.54, 1.807) is 0 Å². The average Bonchev–Trinajstić information content (AvgIpc) is 3.60. The van der Waals surface area contributed by atoms with Gasteiger partial charge >= 0.3 is 0 Å². The third-order valence-electron chi connectivity index (χ3n) is 6.72. The number of anilines is 2. The summed E-state index contributed by atoms with van der Waals surface area (Å²) in [4.78, 5) is 19.7. The zero-order valence-electron chi connectivity index (χ0n) is 19.6. The standard InChI is InChI=1S/C26H29N7O/c1-33(2)14-23-17(16-7-10-34-15-16)3-4-24(32-23)31-22-13-30-25(21-12-27-11-20(21)22)18-5-8-28-26-19(18)6-9-29-26/h3-6,8-9,13,16,27H,7,10-12,14-15H2,1-2H3,(H,28,29)(H,31,32)/t16-/m0/s1. The van der Waals surface area contributed by atoms with Gasteiger partial charge in [0.1, 0.15) is 11.5 Å². The molecule has 4 aromatic rings. The smallest absolute Gasteiger partial charge is 0.137 e. The molecule has 2 aliphatic rings. The van der Waals surface area contributed by atoms with E-state index < -0.39 is 0 Å². The van der Waals surface area contributed by atoms with E-state index in [1.807, 2.05) is 24.7 Å². The third-order valence-corrected chi connectivity index (χ3v) is 6.72. The van der Waals surface area contributed by atoms with Gasteiger partial charge in [0.05, 0.1) is 29.9 Å². The number of nitrogens with zero attached hydrogens (tertiary/aromatic N) is 4. The van der Waals surface area contributed by atoms with E-state index in [4.69, 9.17) is 14.7 Å². The number of aromatic nitrogens is 4. The van der Waals surface area contributed by atoms with Crippen molar-refractivity contribution in [1.29, 1.82) is 0 Å². The molecule has 0 bridgehead atoms. The van der Waals surface area contributed by atoms with Crippen LogP contribution in [0.5, 0.6) is 0 Å². The van der Waals surface area contributed by atoms with Crippen molar-refractivity contribution in [1.82, 2.24) is 30.2 Å². The largest absolute Gasteiger partial charge is 0.381 e. The van der Waals surface area contributed by atoms with Crippen molar-refractivity contribution in [3.8, 4) is 11.3 Å². The Morgan fingerprint density at radius 3 is 2.88 bits per heavy atom. The lowest BCUT2D eigenvalue weighted by atomic mass is 9.96. The van der Waals surface area contributed by atoms with Crippen LogP contribution in [0.15, 0.2) is 42.9 Å². The first kappa shape index (κ1) is 21.2. The monoisotopic (exact) mass is 455 g/mol. The van der Waals surface area contributed by atoms with Gasteiger partial charge in [-0.25, -0.2) is 9.97 Å². The topological polar surface area (TPSA) is 91.0 Å². The molecule has 1 atom stereocenters. The maximum Gasteiger partial charge on any atom is 0.137 e. The Balaban J connectivity index is 1.35. The molecule has 6 rings (SSSR count). The van der Waals surface area contributed by atoms with Crippen molar-refractivity contribution in [2.45, 2.75) is 32.0 Å². The van der Waals surface area contributed by atoms with Crippen molar-refractivity contribution in [3.63, 3.8) is 0 Å². The second-order valence-electron chi connectivity index (χ2n) is 9.34. The highest BCUT2D eigenvalue weighted by Crippen LogP contribution is 2.36. The van der Waals surface area contributed by atoms with Gasteiger partial charge in [-0.15, -0.1) is 0 Å². The Kier molecular flexibility index (Phi) is 5.49. The number of hydrogen-bond acceptors (Lipinski definition) is 7. The Morgan fingerprint density at radius 1 is 1.12 bits per heavy atom. The van der Waals surface area contributed by atoms with Crippen molar-refractivity contribution in [2.24, 2.45) is 0 Å². The predicted octanol–water partition coefficient (Wildman–Crippen LogP) is 3.93. The van der Waals surface area contributed by atoms with Gasteiger partial charge in [0.25, 0.3) is 0 Å². The van der Waals surface area contributed by atoms with Crippen LogP contribution in [0.4, 0.5) is 11.5 Å². The van der Waals surface area contributed by atoms with Gasteiger partial charge in [-0.3, -0.25) is 4.98 Å². The molecule has 1 saturated heterocycles. The number of rotatable bonds is 6. The minimum atomic E-state index is 0.427. The van der Waals surface area contributed by atoms with Gasteiger partial charge < -0.3 is 25.3 Å². The molecule has 0 unspecified atom stereocenters. The van der Waals surface area contributed by atoms with Crippen molar-refractivity contribution in [3.05, 3.63) is 65.2 Å². The van der Waals surface area contributed by atoms with Crippen molar-refractivity contribution < 1.29 is 4.74 Å². The number of H-pyrrole nitrogens is 1. The SMILES string of the molecule is CN(C)Cc1nc(Nc2cnc(-c3ccnc4[nH]ccc34)c3c2CNC3)ccc1[C@H]1CCOC1. The fourth-order valence-corrected chi connectivity index (χ4v) is 5.10. The van der Waals surface area contributed by atoms with E-state index in [0.29, 0.717) is 5.92 Å². The number of aromatic amines is 1. The van der Waals surface area contributed by atoms with E-state index in [0.717, 1.165) is 78.8 Å². The van der Waals surface area contributed by atoms with Crippen LogP contribution in [0, 0.1) is 0 Å². The first-order valence-electron chi connectivity index (χ1n) is 11.8. The van der Waals surface area contributed by atoms with Crippen molar-refractivity contribution in [2.75, 3.05) is 32.6 Å². The highest BCUT2D eigenvalue weighted by Gasteiger charge is 2.24. The number of nitrogens with one attached hydrogen (secondary N) is 3. The first-order valence-corrected chi connectivity index (χ1v) is 11.8. The normalized spacial score (nSPS) is 17.6. The molecule has 174 valence electrons. The summed E-state index contributed by atoms with van der Waals surface area (Å²) in [6.07, 6.45) is 6.76. The van der Waals surface area contributed by atoms with Crippen LogP contribution in [0.3, 0.4) is 0 Å². The molecule has 0 radical (unpaired) electrons. The van der Waals surface area contributed by atoms with Gasteiger partial charge in [0.2, 0.25) is 0 Å². The molecular weight excluding hydrogens is 426 g/mol. The van der Waals surface area contributed by atoms with Crippen molar-refractivity contribution >= 4 is 22.5 Å². The molecule has 6 heterocycles. The van der Waals surface area contributed by atoms with E-state index in [2.05, 4.69) is 57.8 Å². The second-order valence-corrected chi connectivity index (χ2v) is 9.34.